The quantitative estimate of drug-likeness (QED) is 0.0651. The van der Waals surface area contributed by atoms with E-state index in [2.05, 4.69) is 94.2 Å². The van der Waals surface area contributed by atoms with Crippen LogP contribution >= 0.6 is 0 Å². The molecule has 45 heavy (non-hydrogen) atoms. The summed E-state index contributed by atoms with van der Waals surface area (Å²) in [6.07, 6.45) is 8.04. The molecule has 0 spiro atoms. The van der Waals surface area contributed by atoms with E-state index < -0.39 is 28.6 Å². The van der Waals surface area contributed by atoms with Crippen molar-refractivity contribution in [3.63, 3.8) is 0 Å². The Balaban J connectivity index is 2.62. The summed E-state index contributed by atoms with van der Waals surface area (Å²) in [4.78, 5) is 26.9. The van der Waals surface area contributed by atoms with Crippen molar-refractivity contribution in [3.05, 3.63) is 47.1 Å². The molecule has 0 saturated heterocycles. The number of rotatable bonds is 14. The Labute approximate surface area is 276 Å². The van der Waals surface area contributed by atoms with Gasteiger partial charge in [-0.3, -0.25) is 0 Å². The Morgan fingerprint density at radius 2 is 1.33 bits per heavy atom. The number of carbonyl (C=O) groups excluding carboxylic acids is 2. The summed E-state index contributed by atoms with van der Waals surface area (Å²) < 4.78 is 24.8. The van der Waals surface area contributed by atoms with E-state index in [9.17, 15) is 9.59 Å². The first-order chi connectivity index (χ1) is 20.6. The second-order valence-electron chi connectivity index (χ2n) is 16.0. The summed E-state index contributed by atoms with van der Waals surface area (Å²) in [5.41, 5.74) is 3.98. The van der Waals surface area contributed by atoms with E-state index in [1.165, 1.54) is 5.57 Å². The van der Waals surface area contributed by atoms with Gasteiger partial charge in [0, 0.05) is 11.5 Å². The van der Waals surface area contributed by atoms with Crippen molar-refractivity contribution in [1.82, 2.24) is 0 Å². The predicted molar refractivity (Wildman–Crippen MR) is 191 cm³/mol. The average molecular weight is 659 g/mol. The maximum absolute atomic E-state index is 13.4. The lowest BCUT2D eigenvalue weighted by molar-refractivity contribution is -0.137. The molecule has 254 valence electrons. The number of benzene rings is 1. The number of hydrogen-bond donors (Lipinski definition) is 0. The number of allylic oxidation sites excluding steroid dienone is 3. The van der Waals surface area contributed by atoms with Crippen LogP contribution in [0.3, 0.4) is 0 Å². The molecule has 0 bridgehead atoms. The van der Waals surface area contributed by atoms with Crippen LogP contribution in [-0.2, 0) is 24.9 Å². The minimum absolute atomic E-state index is 0.0371. The topological polar surface area (TPSA) is 71.1 Å². The van der Waals surface area contributed by atoms with Gasteiger partial charge < -0.3 is 18.3 Å². The second kappa shape index (κ2) is 15.7. The number of ether oxygens (including phenoxy) is 2. The molecule has 0 saturated carbocycles. The van der Waals surface area contributed by atoms with Gasteiger partial charge in [-0.15, -0.1) is 0 Å². The summed E-state index contributed by atoms with van der Waals surface area (Å²) >= 11 is 0. The minimum Gasteiger partial charge on any atom is -0.424 e. The van der Waals surface area contributed by atoms with E-state index in [0.29, 0.717) is 17.1 Å². The molecule has 1 aliphatic carbocycles. The van der Waals surface area contributed by atoms with Crippen molar-refractivity contribution >= 4 is 28.6 Å². The fourth-order valence-corrected chi connectivity index (χ4v) is 6.82. The fourth-order valence-electron chi connectivity index (χ4n) is 5.00. The predicted octanol–water partition coefficient (Wildman–Crippen LogP) is 10.3. The summed E-state index contributed by atoms with van der Waals surface area (Å²) in [7, 11) is -4.34. The lowest BCUT2D eigenvalue weighted by Crippen LogP contribution is -2.42. The Morgan fingerprint density at radius 1 is 0.867 bits per heavy atom. The molecule has 6 nitrogen and oxygen atoms in total. The van der Waals surface area contributed by atoms with Gasteiger partial charge in [0.15, 0.2) is 16.6 Å². The highest BCUT2D eigenvalue weighted by Gasteiger charge is 2.39. The minimum atomic E-state index is -2.17. The van der Waals surface area contributed by atoms with E-state index in [-0.39, 0.29) is 35.1 Å². The highest BCUT2D eigenvalue weighted by atomic mass is 28.4. The highest BCUT2D eigenvalue weighted by molar-refractivity contribution is 6.74. The molecule has 0 aromatic heterocycles. The third-order valence-electron chi connectivity index (χ3n) is 10.1. The molecule has 1 aromatic carbocycles. The van der Waals surface area contributed by atoms with E-state index in [1.807, 2.05) is 19.1 Å². The smallest absolute Gasteiger partial charge is 0.336 e. The van der Waals surface area contributed by atoms with Crippen LogP contribution in [0.4, 0.5) is 0 Å². The number of aryl methyl sites for hydroxylation is 1. The van der Waals surface area contributed by atoms with Crippen LogP contribution < -0.4 is 9.47 Å². The Morgan fingerprint density at radius 3 is 1.73 bits per heavy atom. The summed E-state index contributed by atoms with van der Waals surface area (Å²) in [5.74, 6) is -0.0793. The van der Waals surface area contributed by atoms with Crippen molar-refractivity contribution in [3.8, 4) is 11.5 Å². The van der Waals surface area contributed by atoms with Crippen LogP contribution in [0.25, 0.3) is 0 Å². The van der Waals surface area contributed by atoms with E-state index in [0.717, 1.165) is 49.7 Å². The average Bonchev–Trinajstić information content (AvgIpc) is 2.89. The number of esters is 2. The van der Waals surface area contributed by atoms with E-state index >= 15 is 0 Å². The van der Waals surface area contributed by atoms with Gasteiger partial charge in [-0.25, -0.2) is 9.59 Å². The fraction of sp³-hybridized carbons (Fsp3) is 0.676. The molecule has 2 atom stereocenters. The summed E-state index contributed by atoms with van der Waals surface area (Å²) in [5, 5.41) is -0.0742. The number of hydrogen-bond acceptors (Lipinski definition) is 6. The molecule has 1 aliphatic rings. The van der Waals surface area contributed by atoms with Crippen LogP contribution in [-0.4, -0.2) is 41.8 Å². The largest absolute Gasteiger partial charge is 0.424 e. The Kier molecular flexibility index (Phi) is 13.7. The molecule has 2 rings (SSSR count). The number of unbranched alkanes of at least 4 members (excludes halogenated alkanes) is 2. The monoisotopic (exact) mass is 658 g/mol. The molecule has 0 aliphatic heterocycles. The van der Waals surface area contributed by atoms with Gasteiger partial charge >= 0.3 is 11.9 Å². The SMILES string of the molecule is C=C(C)C1CCC(C)=C[C@H]1c1c(OC(=O)CO[Si](C)(C)C(C)(C)C)cc(CCCCC)cc1OC(=O)CO[Si](C)(C)C(C)(C)C. The van der Waals surface area contributed by atoms with Crippen LogP contribution in [0.1, 0.15) is 111 Å². The van der Waals surface area contributed by atoms with Crippen LogP contribution in [0.5, 0.6) is 11.5 Å². The molecule has 0 radical (unpaired) electrons. The summed E-state index contributed by atoms with van der Waals surface area (Å²) in [6, 6.07) is 3.93. The maximum atomic E-state index is 13.4. The Hall–Kier alpha value is -2.01. The van der Waals surface area contributed by atoms with Gasteiger partial charge in [-0.1, -0.05) is 85.1 Å². The molecule has 0 heterocycles. The molecule has 0 fully saturated rings. The molecule has 0 N–H and O–H groups in total. The van der Waals surface area contributed by atoms with Gasteiger partial charge in [0.1, 0.15) is 24.7 Å². The first-order valence-electron chi connectivity index (χ1n) is 16.8. The molecular weight excluding hydrogens is 597 g/mol. The van der Waals surface area contributed by atoms with E-state index in [4.69, 9.17) is 18.3 Å². The van der Waals surface area contributed by atoms with Crippen molar-refractivity contribution < 1.29 is 27.9 Å². The molecule has 8 heteroatoms. The standard InChI is InChI=1S/C37H62O6Si2/c1-15-16-17-18-28-22-31(42-33(38)24-40-44(11,12)36(5,6)7)35(30-21-27(4)19-20-29(30)26(2)3)32(23-28)43-34(39)25-41-45(13,14)37(8,9)10/h21-23,29-30H,2,15-20,24-25H2,1,3-14H3/t29?,30-/m1/s1. The first kappa shape index (κ1) is 39.2. The zero-order valence-electron chi connectivity index (χ0n) is 30.7. The van der Waals surface area contributed by atoms with Gasteiger partial charge in [0.05, 0.1) is 0 Å². The summed E-state index contributed by atoms with van der Waals surface area (Å²) in [6.45, 7) is 31.8. The van der Waals surface area contributed by atoms with E-state index in [1.54, 1.807) is 0 Å². The zero-order valence-corrected chi connectivity index (χ0v) is 32.7. The maximum Gasteiger partial charge on any atom is 0.336 e. The normalized spacial score (nSPS) is 17.9. The van der Waals surface area contributed by atoms with Crippen LogP contribution in [0.15, 0.2) is 35.9 Å². The van der Waals surface area contributed by atoms with Gasteiger partial charge in [-0.2, -0.15) is 0 Å². The second-order valence-corrected chi connectivity index (χ2v) is 25.7. The molecular formula is C37H62O6Si2. The Bertz CT molecular complexity index is 1170. The number of carbonyl (C=O) groups is 2. The lowest BCUT2D eigenvalue weighted by atomic mass is 9.73. The third-order valence-corrected chi connectivity index (χ3v) is 19.1. The van der Waals surface area contributed by atoms with Crippen molar-refractivity contribution in [2.24, 2.45) is 5.92 Å². The molecule has 1 unspecified atom stereocenters. The molecule has 1 aromatic rings. The van der Waals surface area contributed by atoms with Crippen LogP contribution in [0, 0.1) is 5.92 Å². The van der Waals surface area contributed by atoms with Crippen molar-refractivity contribution in [2.45, 2.75) is 143 Å². The van der Waals surface area contributed by atoms with Gasteiger partial charge in [0.25, 0.3) is 0 Å². The molecule has 0 amide bonds. The third kappa shape index (κ3) is 11.0. The highest BCUT2D eigenvalue weighted by Crippen LogP contribution is 2.48. The van der Waals surface area contributed by atoms with Gasteiger partial charge in [-0.05, 0) is 99.4 Å². The first-order valence-corrected chi connectivity index (χ1v) is 22.6. The van der Waals surface area contributed by atoms with Crippen molar-refractivity contribution in [1.29, 1.82) is 0 Å². The zero-order chi connectivity index (χ0) is 34.4. The van der Waals surface area contributed by atoms with Crippen LogP contribution in [0.2, 0.25) is 36.3 Å². The lowest BCUT2D eigenvalue weighted by Gasteiger charge is -2.36. The van der Waals surface area contributed by atoms with Crippen molar-refractivity contribution in [2.75, 3.05) is 13.2 Å². The van der Waals surface area contributed by atoms with Gasteiger partial charge in [0.2, 0.25) is 0 Å².